The molecule has 0 saturated heterocycles. The molecule has 1 atom stereocenters. The average molecular weight is 508 g/mol. The third-order valence-corrected chi connectivity index (χ3v) is 6.72. The van der Waals surface area contributed by atoms with Crippen LogP contribution in [0.4, 0.5) is 5.69 Å². The van der Waals surface area contributed by atoms with E-state index in [9.17, 15) is 14.7 Å². The minimum atomic E-state index is -0.698. The molecule has 3 heterocycles. The summed E-state index contributed by atoms with van der Waals surface area (Å²) in [5, 5.41) is 15.8. The lowest BCUT2D eigenvalue weighted by Gasteiger charge is -2.25. The third kappa shape index (κ3) is 5.77. The van der Waals surface area contributed by atoms with Crippen LogP contribution in [0.2, 0.25) is 0 Å². The molecule has 1 aliphatic heterocycles. The Labute approximate surface area is 221 Å². The number of rotatable bonds is 7. The molecule has 0 radical (unpaired) electrons. The molecule has 0 fully saturated rings. The first kappa shape index (κ1) is 25.3. The number of hydrogen-bond acceptors (Lipinski definition) is 6. The maximum atomic E-state index is 13.0. The fourth-order valence-corrected chi connectivity index (χ4v) is 4.59. The summed E-state index contributed by atoms with van der Waals surface area (Å²) in [6.07, 6.45) is 6.02. The van der Waals surface area contributed by atoms with E-state index in [0.717, 1.165) is 36.3 Å². The van der Waals surface area contributed by atoms with Crippen molar-refractivity contribution in [3.8, 4) is 11.1 Å². The number of benzene rings is 2. The van der Waals surface area contributed by atoms with Gasteiger partial charge < -0.3 is 20.6 Å². The molecular formula is C30H29N5O3. The molecule has 2 amide bonds. The van der Waals surface area contributed by atoms with Gasteiger partial charge in [0.2, 0.25) is 0 Å². The monoisotopic (exact) mass is 507 g/mol. The third-order valence-electron chi connectivity index (χ3n) is 6.72. The van der Waals surface area contributed by atoms with E-state index >= 15 is 0 Å². The highest BCUT2D eigenvalue weighted by molar-refractivity contribution is 6.04. The van der Waals surface area contributed by atoms with Gasteiger partial charge in [-0.15, -0.1) is 0 Å². The Morgan fingerprint density at radius 2 is 1.82 bits per heavy atom. The van der Waals surface area contributed by atoms with Crippen LogP contribution in [0.1, 0.15) is 43.6 Å². The molecule has 0 bridgehead atoms. The summed E-state index contributed by atoms with van der Waals surface area (Å²) >= 11 is 0. The smallest absolute Gasteiger partial charge is 0.270 e. The summed E-state index contributed by atoms with van der Waals surface area (Å²) in [4.78, 5) is 36.4. The normalized spacial score (nSPS) is 13.8. The number of likely N-dealkylation sites (N-methyl/N-ethyl adjacent to an activating group) is 1. The number of aliphatic hydroxyl groups is 1. The Bertz CT molecular complexity index is 1440. The number of nitrogens with one attached hydrogen (secondary N) is 2. The largest absolute Gasteiger partial charge is 0.394 e. The Morgan fingerprint density at radius 1 is 0.974 bits per heavy atom. The number of fused-ring (bicyclic) bond motifs is 1. The zero-order valence-electron chi connectivity index (χ0n) is 21.1. The first-order valence-electron chi connectivity index (χ1n) is 12.5. The highest BCUT2D eigenvalue weighted by atomic mass is 16.3. The van der Waals surface area contributed by atoms with Crippen LogP contribution in [0.5, 0.6) is 0 Å². The van der Waals surface area contributed by atoms with Gasteiger partial charge in [0.1, 0.15) is 5.69 Å². The van der Waals surface area contributed by atoms with Crippen molar-refractivity contribution >= 4 is 17.5 Å². The van der Waals surface area contributed by atoms with Gasteiger partial charge in [0, 0.05) is 48.5 Å². The molecule has 1 aliphatic rings. The van der Waals surface area contributed by atoms with Gasteiger partial charge in [0.25, 0.3) is 11.8 Å². The number of aliphatic hydroxyl groups excluding tert-OH is 1. The molecule has 5 rings (SSSR count). The van der Waals surface area contributed by atoms with E-state index in [-0.39, 0.29) is 18.2 Å². The second-order valence-electron chi connectivity index (χ2n) is 9.43. The van der Waals surface area contributed by atoms with Crippen molar-refractivity contribution in [2.75, 3.05) is 25.5 Å². The predicted molar refractivity (Wildman–Crippen MR) is 146 cm³/mol. The number of aromatic nitrogens is 2. The minimum Gasteiger partial charge on any atom is -0.394 e. The fraction of sp³-hybridized carbons (Fsp3) is 0.200. The van der Waals surface area contributed by atoms with Crippen molar-refractivity contribution in [2.45, 2.75) is 19.0 Å². The molecule has 2 aromatic heterocycles. The maximum absolute atomic E-state index is 13.0. The highest BCUT2D eigenvalue weighted by Crippen LogP contribution is 2.23. The first-order chi connectivity index (χ1) is 18.5. The van der Waals surface area contributed by atoms with Gasteiger partial charge in [-0.05, 0) is 78.2 Å². The van der Waals surface area contributed by atoms with Gasteiger partial charge in [-0.3, -0.25) is 19.6 Å². The van der Waals surface area contributed by atoms with Gasteiger partial charge in [-0.25, -0.2) is 0 Å². The van der Waals surface area contributed by atoms with Gasteiger partial charge in [-0.1, -0.05) is 24.3 Å². The molecule has 38 heavy (non-hydrogen) atoms. The van der Waals surface area contributed by atoms with E-state index < -0.39 is 11.9 Å². The van der Waals surface area contributed by atoms with E-state index in [4.69, 9.17) is 0 Å². The van der Waals surface area contributed by atoms with Crippen molar-refractivity contribution in [1.29, 1.82) is 0 Å². The summed E-state index contributed by atoms with van der Waals surface area (Å²) in [5.41, 5.74) is 6.37. The molecule has 2 aromatic carbocycles. The van der Waals surface area contributed by atoms with Crippen molar-refractivity contribution in [3.63, 3.8) is 0 Å². The number of carbonyl (C=O) groups excluding carboxylic acids is 2. The number of nitrogens with zero attached hydrogens (tertiary/aromatic N) is 3. The van der Waals surface area contributed by atoms with Gasteiger partial charge in [-0.2, -0.15) is 0 Å². The molecule has 0 spiro atoms. The number of carbonyl (C=O) groups is 2. The van der Waals surface area contributed by atoms with Crippen LogP contribution in [-0.4, -0.2) is 52.0 Å². The molecule has 3 N–H and O–H groups in total. The Kier molecular flexibility index (Phi) is 7.53. The molecular weight excluding hydrogens is 478 g/mol. The van der Waals surface area contributed by atoms with Crippen LogP contribution in [0.3, 0.4) is 0 Å². The van der Waals surface area contributed by atoms with E-state index in [0.29, 0.717) is 11.1 Å². The van der Waals surface area contributed by atoms with Gasteiger partial charge in [0.05, 0.1) is 12.6 Å². The summed E-state index contributed by atoms with van der Waals surface area (Å²) in [6.45, 7) is 1.55. The molecule has 0 unspecified atom stereocenters. The maximum Gasteiger partial charge on any atom is 0.270 e. The lowest BCUT2D eigenvalue weighted by molar-refractivity contribution is 0.0911. The van der Waals surface area contributed by atoms with Crippen molar-refractivity contribution in [3.05, 3.63) is 113 Å². The molecule has 4 aromatic rings. The van der Waals surface area contributed by atoms with Crippen LogP contribution in [-0.2, 0) is 13.0 Å². The summed E-state index contributed by atoms with van der Waals surface area (Å²) in [7, 11) is 2.09. The lowest BCUT2D eigenvalue weighted by Crippen LogP contribution is -2.31. The van der Waals surface area contributed by atoms with Crippen molar-refractivity contribution < 1.29 is 14.7 Å². The number of hydrogen-bond donors (Lipinski definition) is 3. The van der Waals surface area contributed by atoms with E-state index in [1.807, 2.05) is 30.3 Å². The lowest BCUT2D eigenvalue weighted by atomic mass is 9.99. The molecule has 8 nitrogen and oxygen atoms in total. The zero-order chi connectivity index (χ0) is 26.5. The zero-order valence-corrected chi connectivity index (χ0v) is 21.1. The average Bonchev–Trinajstić information content (AvgIpc) is 2.96. The summed E-state index contributed by atoms with van der Waals surface area (Å²) < 4.78 is 0. The van der Waals surface area contributed by atoms with Crippen LogP contribution < -0.4 is 10.6 Å². The second-order valence-corrected chi connectivity index (χ2v) is 9.43. The van der Waals surface area contributed by atoms with Gasteiger partial charge in [0.15, 0.2) is 0 Å². The summed E-state index contributed by atoms with van der Waals surface area (Å²) in [6, 6.07) is 19.4. The minimum absolute atomic E-state index is 0.230. The molecule has 0 aliphatic carbocycles. The van der Waals surface area contributed by atoms with Crippen LogP contribution in [0.25, 0.3) is 11.1 Å². The Balaban J connectivity index is 1.26. The SMILES string of the molecule is CN1CCc2ccc(NC(=O)c3cccc([C@@H](CO)NC(=O)c4ccc(-c5ccncc5)cn4)c3)cc2C1. The molecule has 8 heteroatoms. The quantitative estimate of drug-likeness (QED) is 0.351. The van der Waals surface area contributed by atoms with E-state index in [2.05, 4.69) is 38.6 Å². The topological polar surface area (TPSA) is 107 Å². The molecule has 192 valence electrons. The van der Waals surface area contributed by atoms with Crippen LogP contribution in [0.15, 0.2) is 85.3 Å². The second kappa shape index (κ2) is 11.3. The van der Waals surface area contributed by atoms with Crippen LogP contribution in [0, 0.1) is 0 Å². The van der Waals surface area contributed by atoms with Crippen LogP contribution >= 0.6 is 0 Å². The van der Waals surface area contributed by atoms with E-state index in [1.165, 1.54) is 11.1 Å². The van der Waals surface area contributed by atoms with Crippen molar-refractivity contribution in [1.82, 2.24) is 20.2 Å². The number of pyridine rings is 2. The summed E-state index contributed by atoms with van der Waals surface area (Å²) in [5.74, 6) is -0.674. The van der Waals surface area contributed by atoms with Gasteiger partial charge >= 0.3 is 0 Å². The fourth-order valence-electron chi connectivity index (χ4n) is 4.59. The van der Waals surface area contributed by atoms with E-state index in [1.54, 1.807) is 48.9 Å². The standard InChI is InChI=1S/C30H29N5O3/c1-35-14-11-20-5-7-26(16-25(20)18-35)33-29(37)23-4-2-3-22(15-23)28(19-36)34-30(38)27-8-6-24(17-32-27)21-9-12-31-13-10-21/h2-10,12-13,15-17,28,36H,11,14,18-19H2,1H3,(H,33,37)(H,34,38)/t28-/m1/s1. The first-order valence-corrected chi connectivity index (χ1v) is 12.5. The molecule has 0 saturated carbocycles. The van der Waals surface area contributed by atoms with Crippen molar-refractivity contribution in [2.24, 2.45) is 0 Å². The highest BCUT2D eigenvalue weighted by Gasteiger charge is 2.19. The predicted octanol–water partition coefficient (Wildman–Crippen LogP) is 3.85. The Morgan fingerprint density at radius 3 is 2.58 bits per heavy atom. The number of amides is 2. The number of anilines is 1. The Hall–Kier alpha value is -4.40.